The lowest BCUT2D eigenvalue weighted by atomic mass is 9.91. The number of rotatable bonds is 5. The molecule has 1 aliphatic rings. The second kappa shape index (κ2) is 9.08. The van der Waals surface area contributed by atoms with Crippen LogP contribution in [0.3, 0.4) is 0 Å². The second-order valence-corrected chi connectivity index (χ2v) is 8.45. The van der Waals surface area contributed by atoms with Crippen molar-refractivity contribution in [3.8, 4) is 11.1 Å². The molecule has 4 heteroatoms. The molecule has 1 aromatic heterocycles. The first-order valence-corrected chi connectivity index (χ1v) is 10.7. The summed E-state index contributed by atoms with van der Waals surface area (Å²) < 4.78 is 0. The van der Waals surface area contributed by atoms with E-state index in [4.69, 9.17) is 11.6 Å². The number of halogens is 1. The SMILES string of the molecule is CC(C)c1ccccc1-c1cnccc1CN1CCNCC1c1ccc(Cl)cc1. The predicted molar refractivity (Wildman–Crippen MR) is 121 cm³/mol. The van der Waals surface area contributed by atoms with E-state index in [2.05, 4.69) is 71.5 Å². The average Bonchev–Trinajstić information content (AvgIpc) is 2.75. The monoisotopic (exact) mass is 405 g/mol. The van der Waals surface area contributed by atoms with E-state index in [1.54, 1.807) is 0 Å². The summed E-state index contributed by atoms with van der Waals surface area (Å²) in [6.07, 6.45) is 3.94. The number of pyridine rings is 1. The molecule has 1 aliphatic heterocycles. The Morgan fingerprint density at radius 1 is 1.07 bits per heavy atom. The molecule has 3 nitrogen and oxygen atoms in total. The summed E-state index contributed by atoms with van der Waals surface area (Å²) in [5.74, 6) is 0.472. The normalized spacial score (nSPS) is 17.6. The number of benzene rings is 2. The molecule has 29 heavy (non-hydrogen) atoms. The van der Waals surface area contributed by atoms with Gasteiger partial charge in [0.1, 0.15) is 0 Å². The summed E-state index contributed by atoms with van der Waals surface area (Å²) in [4.78, 5) is 7.02. The fourth-order valence-electron chi connectivity index (χ4n) is 4.22. The van der Waals surface area contributed by atoms with Gasteiger partial charge in [-0.05, 0) is 46.4 Å². The molecule has 4 rings (SSSR count). The van der Waals surface area contributed by atoms with E-state index in [0.29, 0.717) is 12.0 Å². The lowest BCUT2D eigenvalue weighted by Crippen LogP contribution is -2.45. The fourth-order valence-corrected chi connectivity index (χ4v) is 4.34. The van der Waals surface area contributed by atoms with Gasteiger partial charge < -0.3 is 5.32 Å². The van der Waals surface area contributed by atoms with Crippen molar-refractivity contribution in [2.75, 3.05) is 19.6 Å². The molecule has 2 aromatic carbocycles. The third-order valence-electron chi connectivity index (χ3n) is 5.77. The summed E-state index contributed by atoms with van der Waals surface area (Å²) in [6, 6.07) is 19.5. The first kappa shape index (κ1) is 20.1. The highest BCUT2D eigenvalue weighted by atomic mass is 35.5. The van der Waals surface area contributed by atoms with Crippen molar-refractivity contribution in [2.45, 2.75) is 32.4 Å². The van der Waals surface area contributed by atoms with Crippen LogP contribution in [0, 0.1) is 0 Å². The largest absolute Gasteiger partial charge is 0.314 e. The van der Waals surface area contributed by atoms with Crippen molar-refractivity contribution in [3.05, 3.63) is 88.7 Å². The van der Waals surface area contributed by atoms with Crippen LogP contribution in [0.4, 0.5) is 0 Å². The molecule has 1 unspecified atom stereocenters. The van der Waals surface area contributed by atoms with Gasteiger partial charge in [-0.2, -0.15) is 0 Å². The van der Waals surface area contributed by atoms with Crippen molar-refractivity contribution in [3.63, 3.8) is 0 Å². The first-order valence-electron chi connectivity index (χ1n) is 10.4. The van der Waals surface area contributed by atoms with Crippen molar-refractivity contribution < 1.29 is 0 Å². The maximum Gasteiger partial charge on any atom is 0.0476 e. The maximum atomic E-state index is 6.11. The van der Waals surface area contributed by atoms with Crippen LogP contribution < -0.4 is 5.32 Å². The Hall–Kier alpha value is -2.20. The molecular weight excluding hydrogens is 378 g/mol. The van der Waals surface area contributed by atoms with E-state index >= 15 is 0 Å². The van der Waals surface area contributed by atoms with E-state index in [-0.39, 0.29) is 0 Å². The highest BCUT2D eigenvalue weighted by Gasteiger charge is 2.25. The molecule has 3 aromatic rings. The third-order valence-corrected chi connectivity index (χ3v) is 6.02. The Labute approximate surface area is 178 Å². The zero-order chi connectivity index (χ0) is 20.2. The molecule has 0 radical (unpaired) electrons. The fraction of sp³-hybridized carbons (Fsp3) is 0.320. The summed E-state index contributed by atoms with van der Waals surface area (Å²) >= 11 is 6.11. The Morgan fingerprint density at radius 2 is 1.86 bits per heavy atom. The van der Waals surface area contributed by atoms with Crippen molar-refractivity contribution in [1.82, 2.24) is 15.2 Å². The molecule has 0 amide bonds. The van der Waals surface area contributed by atoms with Gasteiger partial charge in [-0.25, -0.2) is 0 Å². The predicted octanol–water partition coefficient (Wildman–Crippen LogP) is 5.67. The van der Waals surface area contributed by atoms with Gasteiger partial charge in [0.15, 0.2) is 0 Å². The van der Waals surface area contributed by atoms with E-state index in [9.17, 15) is 0 Å². The standard InChI is InChI=1S/C25H28ClN3/c1-18(2)22-5-3-4-6-23(22)24-15-27-12-11-20(24)17-29-14-13-28-16-25(29)19-7-9-21(26)10-8-19/h3-12,15,18,25,28H,13-14,16-17H2,1-2H3. The highest BCUT2D eigenvalue weighted by Crippen LogP contribution is 2.33. The van der Waals surface area contributed by atoms with E-state index in [1.807, 2.05) is 24.5 Å². The van der Waals surface area contributed by atoms with Gasteiger partial charge in [0.25, 0.3) is 0 Å². The number of hydrogen-bond acceptors (Lipinski definition) is 3. The van der Waals surface area contributed by atoms with E-state index in [0.717, 1.165) is 31.2 Å². The Kier molecular flexibility index (Phi) is 6.29. The molecule has 150 valence electrons. The quantitative estimate of drug-likeness (QED) is 0.592. The van der Waals surface area contributed by atoms with Crippen LogP contribution in [0.25, 0.3) is 11.1 Å². The van der Waals surface area contributed by atoms with E-state index < -0.39 is 0 Å². The molecule has 0 spiro atoms. The van der Waals surface area contributed by atoms with Crippen LogP contribution in [-0.4, -0.2) is 29.5 Å². The summed E-state index contributed by atoms with van der Waals surface area (Å²) in [5.41, 5.74) is 6.54. The van der Waals surface area contributed by atoms with Gasteiger partial charge in [-0.15, -0.1) is 0 Å². The molecule has 0 bridgehead atoms. The van der Waals surface area contributed by atoms with Gasteiger partial charge in [-0.1, -0.05) is 61.8 Å². The maximum absolute atomic E-state index is 6.11. The van der Waals surface area contributed by atoms with Crippen LogP contribution in [0.5, 0.6) is 0 Å². The van der Waals surface area contributed by atoms with Crippen LogP contribution in [0.1, 0.15) is 42.5 Å². The second-order valence-electron chi connectivity index (χ2n) is 8.02. The number of hydrogen-bond donors (Lipinski definition) is 1. The molecular formula is C25H28ClN3. The minimum absolute atomic E-state index is 0.336. The van der Waals surface area contributed by atoms with Crippen LogP contribution >= 0.6 is 11.6 Å². The number of nitrogens with one attached hydrogen (secondary N) is 1. The van der Waals surface area contributed by atoms with Crippen molar-refractivity contribution in [1.29, 1.82) is 0 Å². The number of aromatic nitrogens is 1. The minimum Gasteiger partial charge on any atom is -0.314 e. The lowest BCUT2D eigenvalue weighted by Gasteiger charge is -2.37. The minimum atomic E-state index is 0.336. The van der Waals surface area contributed by atoms with Gasteiger partial charge in [-0.3, -0.25) is 9.88 Å². The Morgan fingerprint density at radius 3 is 2.66 bits per heavy atom. The molecule has 1 fully saturated rings. The van der Waals surface area contributed by atoms with Crippen LogP contribution in [-0.2, 0) is 6.54 Å². The Balaban J connectivity index is 1.67. The zero-order valence-electron chi connectivity index (χ0n) is 17.1. The topological polar surface area (TPSA) is 28.2 Å². The molecule has 1 atom stereocenters. The van der Waals surface area contributed by atoms with Gasteiger partial charge in [0.2, 0.25) is 0 Å². The average molecular weight is 406 g/mol. The van der Waals surface area contributed by atoms with Crippen molar-refractivity contribution >= 4 is 11.6 Å². The van der Waals surface area contributed by atoms with Gasteiger partial charge >= 0.3 is 0 Å². The summed E-state index contributed by atoms with van der Waals surface area (Å²) in [5, 5.41) is 4.33. The van der Waals surface area contributed by atoms with E-state index in [1.165, 1.54) is 27.8 Å². The smallest absolute Gasteiger partial charge is 0.0476 e. The zero-order valence-corrected chi connectivity index (χ0v) is 17.9. The number of piperazine rings is 1. The van der Waals surface area contributed by atoms with Crippen LogP contribution in [0.2, 0.25) is 5.02 Å². The summed E-state index contributed by atoms with van der Waals surface area (Å²) in [6.45, 7) is 8.38. The molecule has 1 saturated heterocycles. The van der Waals surface area contributed by atoms with Crippen LogP contribution in [0.15, 0.2) is 67.0 Å². The van der Waals surface area contributed by atoms with Crippen molar-refractivity contribution in [2.24, 2.45) is 0 Å². The van der Waals surface area contributed by atoms with Gasteiger partial charge in [0.05, 0.1) is 0 Å². The van der Waals surface area contributed by atoms with Gasteiger partial charge in [0, 0.05) is 55.2 Å². The molecule has 2 heterocycles. The number of nitrogens with zero attached hydrogens (tertiary/aromatic N) is 2. The highest BCUT2D eigenvalue weighted by molar-refractivity contribution is 6.30. The molecule has 1 N–H and O–H groups in total. The summed E-state index contributed by atoms with van der Waals surface area (Å²) in [7, 11) is 0. The Bertz CT molecular complexity index is 952. The molecule has 0 saturated carbocycles. The lowest BCUT2D eigenvalue weighted by molar-refractivity contribution is 0.154. The third kappa shape index (κ3) is 4.53. The first-order chi connectivity index (χ1) is 14.1. The molecule has 0 aliphatic carbocycles.